The van der Waals surface area contributed by atoms with E-state index >= 15 is 0 Å². The van der Waals surface area contributed by atoms with E-state index in [4.69, 9.17) is 0 Å². The molecule has 0 heterocycles. The first-order chi connectivity index (χ1) is 3.95. The van der Waals surface area contributed by atoms with Crippen molar-refractivity contribution in [2.24, 2.45) is 0 Å². The normalized spacial score (nSPS) is 9.30. The summed E-state index contributed by atoms with van der Waals surface area (Å²) in [5.74, 6) is -1.27. The number of rotatable bonds is 2. The molecule has 0 saturated carbocycles. The van der Waals surface area contributed by atoms with Gasteiger partial charge in [-0.05, 0) is 0 Å². The second kappa shape index (κ2) is 4.86. The third-order valence-corrected chi connectivity index (χ3v) is 0.719. The predicted molar refractivity (Wildman–Crippen MR) is 26.0 cm³/mol. The zero-order valence-corrected chi connectivity index (χ0v) is 8.05. The largest absolute Gasteiger partial charge is 1.00 e. The van der Waals surface area contributed by atoms with Gasteiger partial charge in [-0.25, -0.2) is 13.2 Å². The Morgan fingerprint density at radius 2 is 2.00 bits per heavy atom. The average Bonchev–Trinajstić information content (AvgIpc) is 1.62. The molecular formula is C3H3NaO5S. The molecule has 0 bridgehead atoms. The summed E-state index contributed by atoms with van der Waals surface area (Å²) in [7, 11) is -4.91. The maximum atomic E-state index is 9.91. The Kier molecular flexibility index (Phi) is 6.21. The van der Waals surface area contributed by atoms with Crippen LogP contribution in [0.5, 0.6) is 0 Å². The van der Waals surface area contributed by atoms with E-state index in [1.54, 1.807) is 0 Å². The van der Waals surface area contributed by atoms with E-state index in [1.807, 2.05) is 0 Å². The van der Waals surface area contributed by atoms with Gasteiger partial charge in [-0.2, -0.15) is 0 Å². The summed E-state index contributed by atoms with van der Waals surface area (Å²) >= 11 is 0. The fourth-order valence-corrected chi connectivity index (χ4v) is 0.404. The van der Waals surface area contributed by atoms with E-state index < -0.39 is 16.4 Å². The first-order valence-corrected chi connectivity index (χ1v) is 3.11. The summed E-state index contributed by atoms with van der Waals surface area (Å²) in [5, 5.41) is 0. The molecule has 0 radical (unpaired) electrons. The average molecular weight is 174 g/mol. The third-order valence-electron chi connectivity index (χ3n) is 0.351. The maximum Gasteiger partial charge on any atom is 1.00 e. The van der Waals surface area contributed by atoms with Crippen LogP contribution in [0.3, 0.4) is 0 Å². The van der Waals surface area contributed by atoms with Crippen molar-refractivity contribution in [2.45, 2.75) is 0 Å². The van der Waals surface area contributed by atoms with Gasteiger partial charge in [0.2, 0.25) is 0 Å². The van der Waals surface area contributed by atoms with Crippen molar-refractivity contribution < 1.29 is 51.5 Å². The minimum Gasteiger partial charge on any atom is -0.716 e. The second-order valence-corrected chi connectivity index (χ2v) is 2.00. The molecule has 0 aliphatic carbocycles. The van der Waals surface area contributed by atoms with Crippen molar-refractivity contribution in [3.05, 3.63) is 12.7 Å². The van der Waals surface area contributed by atoms with Gasteiger partial charge in [-0.15, -0.1) is 0 Å². The van der Waals surface area contributed by atoms with Gasteiger partial charge in [0.1, 0.15) is 0 Å². The van der Waals surface area contributed by atoms with E-state index in [-0.39, 0.29) is 29.6 Å². The van der Waals surface area contributed by atoms with Crippen molar-refractivity contribution in [1.82, 2.24) is 0 Å². The van der Waals surface area contributed by atoms with Crippen LogP contribution in [0, 0.1) is 0 Å². The van der Waals surface area contributed by atoms with Crippen molar-refractivity contribution in [1.29, 1.82) is 0 Å². The van der Waals surface area contributed by atoms with Crippen LogP contribution in [-0.2, 0) is 19.4 Å². The van der Waals surface area contributed by atoms with Crippen LogP contribution >= 0.6 is 0 Å². The standard InChI is InChI=1S/C3H4O5S.Na/c1-2-3(4)8-9(5,6)7;/h2H,1H2,(H,5,6,7);/q;+1/p-1. The van der Waals surface area contributed by atoms with E-state index in [1.165, 1.54) is 0 Å². The Balaban J connectivity index is 0. The number of carbonyl (C=O) groups excluding carboxylic acids is 1. The zero-order valence-electron chi connectivity index (χ0n) is 5.23. The topological polar surface area (TPSA) is 83.5 Å². The van der Waals surface area contributed by atoms with Gasteiger partial charge in [0.25, 0.3) is 10.4 Å². The van der Waals surface area contributed by atoms with Crippen LogP contribution < -0.4 is 29.6 Å². The van der Waals surface area contributed by atoms with E-state index in [9.17, 15) is 17.8 Å². The van der Waals surface area contributed by atoms with Crippen LogP contribution in [-0.4, -0.2) is 18.9 Å². The van der Waals surface area contributed by atoms with Crippen LogP contribution in [0.4, 0.5) is 0 Å². The minimum atomic E-state index is -4.91. The molecule has 52 valence electrons. The second-order valence-electron chi connectivity index (χ2n) is 1.01. The minimum absolute atomic E-state index is 0. The molecule has 10 heavy (non-hydrogen) atoms. The first-order valence-electron chi connectivity index (χ1n) is 1.77. The van der Waals surface area contributed by atoms with Crippen molar-refractivity contribution in [3.8, 4) is 0 Å². The van der Waals surface area contributed by atoms with Gasteiger partial charge in [-0.3, -0.25) is 0 Å². The zero-order chi connectivity index (χ0) is 7.49. The van der Waals surface area contributed by atoms with Crippen molar-refractivity contribution >= 4 is 16.4 Å². The Hall–Kier alpha value is 0.120. The quantitative estimate of drug-likeness (QED) is 0.185. The van der Waals surface area contributed by atoms with Gasteiger partial charge in [0.15, 0.2) is 0 Å². The molecule has 0 spiro atoms. The molecule has 7 heteroatoms. The van der Waals surface area contributed by atoms with Crippen molar-refractivity contribution in [3.63, 3.8) is 0 Å². The fraction of sp³-hybridized carbons (Fsp3) is 0. The van der Waals surface area contributed by atoms with E-state index in [0.717, 1.165) is 0 Å². The van der Waals surface area contributed by atoms with Gasteiger partial charge >= 0.3 is 35.5 Å². The molecule has 0 aliphatic rings. The van der Waals surface area contributed by atoms with E-state index in [2.05, 4.69) is 10.8 Å². The maximum absolute atomic E-state index is 9.91. The molecular weight excluding hydrogens is 171 g/mol. The van der Waals surface area contributed by atoms with Crippen molar-refractivity contribution in [2.75, 3.05) is 0 Å². The smallest absolute Gasteiger partial charge is 0.716 e. The summed E-state index contributed by atoms with van der Waals surface area (Å²) < 4.78 is 31.9. The summed E-state index contributed by atoms with van der Waals surface area (Å²) in [6.45, 7) is 2.87. The van der Waals surface area contributed by atoms with Gasteiger partial charge in [0.05, 0.1) is 0 Å². The summed E-state index contributed by atoms with van der Waals surface area (Å²) in [5.41, 5.74) is 0. The molecule has 0 aromatic carbocycles. The van der Waals surface area contributed by atoms with Crippen LogP contribution in [0.25, 0.3) is 0 Å². The molecule has 0 fully saturated rings. The monoisotopic (exact) mass is 174 g/mol. The van der Waals surface area contributed by atoms with Crippen LogP contribution in [0.2, 0.25) is 0 Å². The van der Waals surface area contributed by atoms with Crippen LogP contribution in [0.1, 0.15) is 0 Å². The summed E-state index contributed by atoms with van der Waals surface area (Å²) in [6, 6.07) is 0. The Morgan fingerprint density at radius 1 is 1.60 bits per heavy atom. The fourth-order valence-electron chi connectivity index (χ4n) is 0.135. The summed E-state index contributed by atoms with van der Waals surface area (Å²) in [4.78, 5) is 9.91. The molecule has 0 atom stereocenters. The summed E-state index contributed by atoms with van der Waals surface area (Å²) in [6.07, 6.45) is 0.579. The van der Waals surface area contributed by atoms with Gasteiger partial charge in [-0.1, -0.05) is 6.58 Å². The molecule has 0 aliphatic heterocycles. The van der Waals surface area contributed by atoms with E-state index in [0.29, 0.717) is 6.08 Å². The molecule has 0 aromatic heterocycles. The molecule has 5 nitrogen and oxygen atoms in total. The Bertz CT molecular complexity index is 217. The number of hydrogen-bond donors (Lipinski definition) is 0. The van der Waals surface area contributed by atoms with Crippen LogP contribution in [0.15, 0.2) is 12.7 Å². The van der Waals surface area contributed by atoms with Gasteiger partial charge in [0, 0.05) is 6.08 Å². The molecule has 0 unspecified atom stereocenters. The number of hydrogen-bond acceptors (Lipinski definition) is 5. The molecule has 0 amide bonds. The third kappa shape index (κ3) is 8.12. The predicted octanol–water partition coefficient (Wildman–Crippen LogP) is -3.82. The molecule has 0 aromatic rings. The number of carbonyl (C=O) groups is 1. The Morgan fingerprint density at radius 3 is 2.10 bits per heavy atom. The first kappa shape index (κ1) is 12.8. The molecule has 0 rings (SSSR count). The molecule has 0 N–H and O–H groups in total. The SMILES string of the molecule is C=CC(=O)OS(=O)(=O)[O-].[Na+]. The Labute approximate surface area is 80.3 Å². The van der Waals surface area contributed by atoms with Gasteiger partial charge < -0.3 is 8.74 Å². The molecule has 0 saturated heterocycles.